The van der Waals surface area contributed by atoms with E-state index in [2.05, 4.69) is 43.2 Å². The third-order valence-corrected chi connectivity index (χ3v) is 6.81. The lowest BCUT2D eigenvalue weighted by molar-refractivity contribution is 1.01. The van der Waals surface area contributed by atoms with Crippen molar-refractivity contribution in [2.45, 2.75) is 30.5 Å². The molecule has 1 aromatic carbocycles. The molecule has 4 N–H and O–H groups in total. The molecule has 7 nitrogen and oxygen atoms in total. The third-order valence-electron chi connectivity index (χ3n) is 3.95. The van der Waals surface area contributed by atoms with E-state index in [-0.39, 0.29) is 11.2 Å². The third kappa shape index (κ3) is 3.73. The number of thiazole rings is 1. The molecular formula is C17H17N7S3. The van der Waals surface area contributed by atoms with Gasteiger partial charge in [0.2, 0.25) is 5.95 Å². The first-order valence-corrected chi connectivity index (χ1v) is 10.4. The Bertz CT molecular complexity index is 1130. The minimum Gasteiger partial charge on any atom is -0.368 e. The number of rotatable bonds is 5. The molecule has 0 radical (unpaired) electrons. The van der Waals surface area contributed by atoms with E-state index in [1.165, 1.54) is 4.70 Å². The zero-order valence-corrected chi connectivity index (χ0v) is 17.1. The summed E-state index contributed by atoms with van der Waals surface area (Å²) >= 11 is 8.91. The molecule has 0 aliphatic rings. The van der Waals surface area contributed by atoms with E-state index in [4.69, 9.17) is 18.0 Å². The van der Waals surface area contributed by atoms with Crippen molar-refractivity contribution >= 4 is 73.3 Å². The average molecular weight is 416 g/mol. The highest BCUT2D eigenvalue weighted by Gasteiger charge is 2.19. The van der Waals surface area contributed by atoms with Crippen LogP contribution in [0.4, 0.5) is 11.6 Å². The van der Waals surface area contributed by atoms with Crippen LogP contribution in [0.25, 0.3) is 21.4 Å². The summed E-state index contributed by atoms with van der Waals surface area (Å²) in [6.07, 6.45) is 2.43. The van der Waals surface area contributed by atoms with Crippen molar-refractivity contribution in [2.75, 3.05) is 11.1 Å². The number of aromatic nitrogens is 5. The van der Waals surface area contributed by atoms with Crippen LogP contribution in [-0.2, 0) is 0 Å². The number of benzene rings is 1. The Labute approximate surface area is 169 Å². The summed E-state index contributed by atoms with van der Waals surface area (Å²) in [6, 6.07) is 6.12. The van der Waals surface area contributed by atoms with Crippen LogP contribution in [0.1, 0.15) is 18.4 Å². The summed E-state index contributed by atoms with van der Waals surface area (Å²) < 4.78 is 1.17. The van der Waals surface area contributed by atoms with Gasteiger partial charge in [0.05, 0.1) is 31.8 Å². The van der Waals surface area contributed by atoms with Crippen molar-refractivity contribution in [2.24, 2.45) is 0 Å². The largest absolute Gasteiger partial charge is 0.368 e. The van der Waals surface area contributed by atoms with Crippen LogP contribution in [-0.4, -0.2) is 35.2 Å². The Morgan fingerprint density at radius 2 is 2.22 bits per heavy atom. The molecule has 0 amide bonds. The zero-order valence-electron chi connectivity index (χ0n) is 14.7. The number of H-pyrrole nitrogens is 1. The molecule has 0 fully saturated rings. The highest BCUT2D eigenvalue weighted by atomic mass is 32.2. The molecule has 138 valence electrons. The minimum atomic E-state index is 0.0358. The van der Waals surface area contributed by atoms with Crippen LogP contribution >= 0.6 is 35.3 Å². The molecule has 0 aliphatic carbocycles. The van der Waals surface area contributed by atoms with E-state index in [0.717, 1.165) is 38.2 Å². The van der Waals surface area contributed by atoms with Crippen LogP contribution in [0.3, 0.4) is 0 Å². The lowest BCUT2D eigenvalue weighted by Crippen LogP contribution is -2.22. The van der Waals surface area contributed by atoms with E-state index in [1.807, 2.05) is 19.1 Å². The van der Waals surface area contributed by atoms with Crippen molar-refractivity contribution in [3.8, 4) is 0 Å². The van der Waals surface area contributed by atoms with Gasteiger partial charge in [0.25, 0.3) is 0 Å². The number of aromatic amines is 1. The Balaban J connectivity index is 1.55. The van der Waals surface area contributed by atoms with E-state index in [0.29, 0.717) is 5.65 Å². The molecule has 27 heavy (non-hydrogen) atoms. The molecule has 0 bridgehead atoms. The first-order chi connectivity index (χ1) is 13.0. The number of nitrogens with two attached hydrogens (primary N) is 1. The van der Waals surface area contributed by atoms with Crippen molar-refractivity contribution in [1.82, 2.24) is 24.9 Å². The van der Waals surface area contributed by atoms with E-state index in [9.17, 15) is 0 Å². The number of nitrogen functional groups attached to an aromatic ring is 1. The number of anilines is 2. The first kappa shape index (κ1) is 18.1. The average Bonchev–Trinajstić information content (AvgIpc) is 3.24. The van der Waals surface area contributed by atoms with Gasteiger partial charge >= 0.3 is 0 Å². The molecule has 0 unspecified atom stereocenters. The van der Waals surface area contributed by atoms with Crippen molar-refractivity contribution in [3.05, 3.63) is 29.5 Å². The Hall–Kier alpha value is -2.30. The summed E-state index contributed by atoms with van der Waals surface area (Å²) in [4.78, 5) is 21.0. The monoisotopic (exact) mass is 415 g/mol. The van der Waals surface area contributed by atoms with Gasteiger partial charge in [-0.3, -0.25) is 0 Å². The molecule has 0 spiro atoms. The second-order valence-corrected chi connectivity index (χ2v) is 8.77. The molecule has 1 atom stereocenters. The summed E-state index contributed by atoms with van der Waals surface area (Å²) in [6.45, 7) is 4.10. The predicted octanol–water partition coefficient (Wildman–Crippen LogP) is 4.16. The smallest absolute Gasteiger partial charge is 0.223 e. The molecular weight excluding hydrogens is 398 g/mol. The lowest BCUT2D eigenvalue weighted by atomic mass is 10.2. The van der Waals surface area contributed by atoms with Gasteiger partial charge in [0, 0.05) is 5.69 Å². The van der Waals surface area contributed by atoms with Gasteiger partial charge in [-0.15, -0.1) is 11.3 Å². The number of hydrogen-bond acceptors (Lipinski definition) is 8. The van der Waals surface area contributed by atoms with Gasteiger partial charge in [-0.05, 0) is 31.5 Å². The second kappa shape index (κ2) is 7.37. The fraction of sp³-hybridized carbons (Fsp3) is 0.235. The van der Waals surface area contributed by atoms with E-state index in [1.54, 1.807) is 29.4 Å². The van der Waals surface area contributed by atoms with Gasteiger partial charge < -0.3 is 16.0 Å². The molecule has 0 saturated heterocycles. The van der Waals surface area contributed by atoms with E-state index >= 15 is 0 Å². The zero-order chi connectivity index (χ0) is 19.0. The normalized spacial score (nSPS) is 12.5. The van der Waals surface area contributed by atoms with Crippen molar-refractivity contribution in [3.63, 3.8) is 0 Å². The number of nitrogens with one attached hydrogen (secondary N) is 2. The number of nitrogens with zero attached hydrogens (tertiary/aromatic N) is 4. The molecule has 3 heterocycles. The number of thioether (sulfide) groups is 1. The number of imidazole rings is 1. The first-order valence-electron chi connectivity index (χ1n) is 8.35. The Kier molecular flexibility index (Phi) is 4.94. The maximum absolute atomic E-state index is 5.81. The minimum absolute atomic E-state index is 0.0358. The summed E-state index contributed by atoms with van der Waals surface area (Å²) in [7, 11) is 0. The van der Waals surface area contributed by atoms with Crippen LogP contribution in [0.5, 0.6) is 0 Å². The summed E-state index contributed by atoms with van der Waals surface area (Å²) in [5.74, 6) is 0.204. The second-order valence-electron chi connectivity index (χ2n) is 5.91. The molecule has 3 aromatic heterocycles. The van der Waals surface area contributed by atoms with Crippen LogP contribution < -0.4 is 11.1 Å². The molecule has 4 rings (SSSR count). The maximum Gasteiger partial charge on any atom is 0.223 e. The SMILES string of the molecule is CC[C@@H](Sc1nc(N)nc2nc[nH]c12)C(=S)Nc1ccc2sc(C)nc2c1. The quantitative estimate of drug-likeness (QED) is 0.253. The molecule has 4 aromatic rings. The van der Waals surface area contributed by atoms with Gasteiger partial charge in [-0.2, -0.15) is 4.98 Å². The topological polar surface area (TPSA) is 105 Å². The van der Waals surface area contributed by atoms with E-state index < -0.39 is 0 Å². The predicted molar refractivity (Wildman–Crippen MR) is 117 cm³/mol. The van der Waals surface area contributed by atoms with Crippen LogP contribution in [0, 0.1) is 6.92 Å². The van der Waals surface area contributed by atoms with Gasteiger partial charge in [0.15, 0.2) is 5.65 Å². The van der Waals surface area contributed by atoms with Gasteiger partial charge in [0.1, 0.15) is 10.5 Å². The Morgan fingerprint density at radius 3 is 3.04 bits per heavy atom. The van der Waals surface area contributed by atoms with Crippen LogP contribution in [0.15, 0.2) is 29.6 Å². The summed E-state index contributed by atoms with van der Waals surface area (Å²) in [5, 5.41) is 5.18. The molecule has 10 heteroatoms. The Morgan fingerprint density at radius 1 is 1.37 bits per heavy atom. The number of thiocarbonyl (C=S) groups is 1. The fourth-order valence-corrected chi connectivity index (χ4v) is 4.96. The van der Waals surface area contributed by atoms with Crippen molar-refractivity contribution in [1.29, 1.82) is 0 Å². The number of hydrogen-bond donors (Lipinski definition) is 3. The summed E-state index contributed by atoms with van der Waals surface area (Å²) in [5.41, 5.74) is 9.06. The van der Waals surface area contributed by atoms with Crippen LogP contribution in [0.2, 0.25) is 0 Å². The number of fused-ring (bicyclic) bond motifs is 2. The highest BCUT2D eigenvalue weighted by Crippen LogP contribution is 2.31. The highest BCUT2D eigenvalue weighted by molar-refractivity contribution is 8.02. The molecule has 0 aliphatic heterocycles. The number of aryl methyl sites for hydroxylation is 1. The van der Waals surface area contributed by atoms with Gasteiger partial charge in [-0.1, -0.05) is 30.9 Å². The fourth-order valence-electron chi connectivity index (χ4n) is 2.71. The lowest BCUT2D eigenvalue weighted by Gasteiger charge is -2.17. The standard InChI is InChI=1S/C17H17N7S3/c1-3-11(27-16-13-14(20-7-19-13)23-17(18)24-16)15(25)22-9-4-5-12-10(6-9)21-8(2)26-12/h4-7,11H,3H2,1-2H3,(H,22,25)(H3,18,19,20,23,24)/t11-/m1/s1. The maximum atomic E-state index is 5.81. The molecule has 0 saturated carbocycles. The van der Waals surface area contributed by atoms with Crippen molar-refractivity contribution < 1.29 is 0 Å². The van der Waals surface area contributed by atoms with Gasteiger partial charge in [-0.25, -0.2) is 15.0 Å².